The average molecular weight is 223 g/mol. The first-order valence-electron chi connectivity index (χ1n) is 6.54. The number of hydrogen-bond donors (Lipinski definition) is 0. The Balaban J connectivity index is 1.79. The van der Waals surface area contributed by atoms with E-state index >= 15 is 0 Å². The Labute approximate surface area is 99.7 Å². The number of morpholine rings is 1. The van der Waals surface area contributed by atoms with E-state index in [1.807, 2.05) is 0 Å². The van der Waals surface area contributed by atoms with Crippen molar-refractivity contribution in [2.75, 3.05) is 32.8 Å². The molecule has 1 aliphatic heterocycles. The van der Waals surface area contributed by atoms with Gasteiger partial charge >= 0.3 is 0 Å². The van der Waals surface area contributed by atoms with E-state index in [9.17, 15) is 0 Å². The molecule has 1 aliphatic carbocycles. The lowest BCUT2D eigenvalue weighted by Crippen LogP contribution is -2.39. The van der Waals surface area contributed by atoms with Crippen LogP contribution < -0.4 is 0 Å². The maximum absolute atomic E-state index is 5.38. The zero-order valence-corrected chi connectivity index (χ0v) is 10.9. The Bertz CT molecular complexity index is 248. The summed E-state index contributed by atoms with van der Waals surface area (Å²) in [6, 6.07) is 0. The van der Waals surface area contributed by atoms with Crippen molar-refractivity contribution in [1.82, 2.24) is 4.90 Å². The van der Waals surface area contributed by atoms with Gasteiger partial charge in [-0.3, -0.25) is 4.90 Å². The monoisotopic (exact) mass is 223 g/mol. The van der Waals surface area contributed by atoms with E-state index in [-0.39, 0.29) is 0 Å². The van der Waals surface area contributed by atoms with Gasteiger partial charge in [0.1, 0.15) is 0 Å². The summed E-state index contributed by atoms with van der Waals surface area (Å²) in [4.78, 5) is 2.55. The quantitative estimate of drug-likeness (QED) is 0.667. The summed E-state index contributed by atoms with van der Waals surface area (Å²) >= 11 is 0. The topological polar surface area (TPSA) is 12.5 Å². The fourth-order valence-corrected chi connectivity index (χ4v) is 2.67. The molecule has 92 valence electrons. The lowest BCUT2D eigenvalue weighted by atomic mass is 9.79. The fourth-order valence-electron chi connectivity index (χ4n) is 2.67. The Morgan fingerprint density at radius 3 is 2.44 bits per heavy atom. The maximum Gasteiger partial charge on any atom is 0.0594 e. The summed E-state index contributed by atoms with van der Waals surface area (Å²) < 4.78 is 5.38. The van der Waals surface area contributed by atoms with Crippen molar-refractivity contribution >= 4 is 0 Å². The molecule has 0 N–H and O–H groups in total. The van der Waals surface area contributed by atoms with Crippen LogP contribution in [0.1, 0.15) is 27.2 Å². The van der Waals surface area contributed by atoms with Gasteiger partial charge in [0.05, 0.1) is 13.2 Å². The minimum absolute atomic E-state index is 0.427. The summed E-state index contributed by atoms with van der Waals surface area (Å²) in [5, 5.41) is 0. The van der Waals surface area contributed by atoms with Crippen LogP contribution in [0.3, 0.4) is 0 Å². The first kappa shape index (κ1) is 12.1. The molecule has 2 aliphatic rings. The molecular formula is C14H25NO. The second-order valence-electron chi connectivity index (χ2n) is 6.27. The second kappa shape index (κ2) is 4.89. The van der Waals surface area contributed by atoms with Gasteiger partial charge in [0.25, 0.3) is 0 Å². The van der Waals surface area contributed by atoms with E-state index in [1.165, 1.54) is 13.0 Å². The number of allylic oxidation sites excluding steroid dienone is 1. The molecular weight excluding hydrogens is 198 g/mol. The predicted octanol–water partition coefficient (Wildman–Crippen LogP) is 2.56. The molecule has 0 aromatic carbocycles. The van der Waals surface area contributed by atoms with Gasteiger partial charge in [-0.1, -0.05) is 32.9 Å². The van der Waals surface area contributed by atoms with Crippen LogP contribution in [0.5, 0.6) is 0 Å². The Morgan fingerprint density at radius 1 is 1.19 bits per heavy atom. The number of rotatable bonds is 2. The zero-order valence-electron chi connectivity index (χ0n) is 10.9. The third kappa shape index (κ3) is 3.08. The van der Waals surface area contributed by atoms with Gasteiger partial charge in [0, 0.05) is 19.6 Å². The summed E-state index contributed by atoms with van der Waals surface area (Å²) in [5.41, 5.74) is 0.427. The molecule has 0 aromatic rings. The average Bonchev–Trinajstić information content (AvgIpc) is 2.67. The Kier molecular flexibility index (Phi) is 3.70. The van der Waals surface area contributed by atoms with Gasteiger partial charge in [0.15, 0.2) is 0 Å². The molecule has 2 heteroatoms. The van der Waals surface area contributed by atoms with Crippen molar-refractivity contribution in [2.45, 2.75) is 27.2 Å². The molecule has 2 rings (SSSR count). The van der Waals surface area contributed by atoms with Crippen molar-refractivity contribution in [3.63, 3.8) is 0 Å². The van der Waals surface area contributed by atoms with Crippen LogP contribution in [-0.2, 0) is 4.74 Å². The third-order valence-corrected chi connectivity index (χ3v) is 3.88. The molecule has 1 fully saturated rings. The summed E-state index contributed by atoms with van der Waals surface area (Å²) in [7, 11) is 0. The summed E-state index contributed by atoms with van der Waals surface area (Å²) in [6.07, 6.45) is 6.21. The normalized spacial score (nSPS) is 32.2. The van der Waals surface area contributed by atoms with E-state index in [1.54, 1.807) is 0 Å². The number of nitrogens with zero attached hydrogens (tertiary/aromatic N) is 1. The largest absolute Gasteiger partial charge is 0.379 e. The maximum atomic E-state index is 5.38. The molecule has 2 unspecified atom stereocenters. The predicted molar refractivity (Wildman–Crippen MR) is 67.5 cm³/mol. The van der Waals surface area contributed by atoms with Gasteiger partial charge in [0.2, 0.25) is 0 Å². The smallest absolute Gasteiger partial charge is 0.0594 e. The minimum atomic E-state index is 0.427. The van der Waals surface area contributed by atoms with Gasteiger partial charge in [-0.05, 0) is 23.7 Å². The van der Waals surface area contributed by atoms with E-state index < -0.39 is 0 Å². The second-order valence-corrected chi connectivity index (χ2v) is 6.27. The number of ether oxygens (including phenoxy) is 1. The van der Waals surface area contributed by atoms with Gasteiger partial charge in [-0.25, -0.2) is 0 Å². The molecule has 1 saturated heterocycles. The van der Waals surface area contributed by atoms with Crippen LogP contribution >= 0.6 is 0 Å². The highest BCUT2D eigenvalue weighted by molar-refractivity contribution is 5.06. The van der Waals surface area contributed by atoms with Crippen molar-refractivity contribution < 1.29 is 4.74 Å². The molecule has 0 amide bonds. The molecule has 0 spiro atoms. The molecule has 0 bridgehead atoms. The summed E-state index contributed by atoms with van der Waals surface area (Å²) in [6.45, 7) is 12.3. The standard InChI is InChI=1S/C14H25NO/c1-14(2,3)13-5-4-12(10-13)11-15-6-8-16-9-7-15/h4-5,12-13H,6-11H2,1-3H3. The lowest BCUT2D eigenvalue weighted by Gasteiger charge is -2.30. The summed E-state index contributed by atoms with van der Waals surface area (Å²) in [5.74, 6) is 1.53. The first-order valence-corrected chi connectivity index (χ1v) is 6.54. The van der Waals surface area contributed by atoms with Crippen LogP contribution in [0.25, 0.3) is 0 Å². The van der Waals surface area contributed by atoms with Crippen molar-refractivity contribution in [3.8, 4) is 0 Å². The molecule has 1 heterocycles. The van der Waals surface area contributed by atoms with Crippen molar-refractivity contribution in [3.05, 3.63) is 12.2 Å². The van der Waals surface area contributed by atoms with E-state index in [0.29, 0.717) is 5.41 Å². The fraction of sp³-hybridized carbons (Fsp3) is 0.857. The molecule has 0 saturated carbocycles. The van der Waals surface area contributed by atoms with Crippen LogP contribution in [0.15, 0.2) is 12.2 Å². The highest BCUT2D eigenvalue weighted by atomic mass is 16.5. The number of hydrogen-bond acceptors (Lipinski definition) is 2. The highest BCUT2D eigenvalue weighted by Crippen LogP contribution is 2.37. The van der Waals surface area contributed by atoms with Gasteiger partial charge < -0.3 is 4.74 Å². The van der Waals surface area contributed by atoms with E-state index in [0.717, 1.165) is 38.1 Å². The van der Waals surface area contributed by atoms with Crippen molar-refractivity contribution in [2.24, 2.45) is 17.3 Å². The minimum Gasteiger partial charge on any atom is -0.379 e. The van der Waals surface area contributed by atoms with Crippen LogP contribution in [-0.4, -0.2) is 37.7 Å². The van der Waals surface area contributed by atoms with Gasteiger partial charge in [-0.15, -0.1) is 0 Å². The van der Waals surface area contributed by atoms with Crippen LogP contribution in [0, 0.1) is 17.3 Å². The first-order chi connectivity index (χ1) is 7.55. The molecule has 2 atom stereocenters. The van der Waals surface area contributed by atoms with E-state index in [4.69, 9.17) is 4.74 Å². The SMILES string of the molecule is CC(C)(C)C1C=CC(CN2CCOCC2)C1. The van der Waals surface area contributed by atoms with Gasteiger partial charge in [-0.2, -0.15) is 0 Å². The Morgan fingerprint density at radius 2 is 1.88 bits per heavy atom. The molecule has 0 aromatic heterocycles. The van der Waals surface area contributed by atoms with Crippen molar-refractivity contribution in [1.29, 1.82) is 0 Å². The molecule has 0 radical (unpaired) electrons. The third-order valence-electron chi connectivity index (χ3n) is 3.88. The molecule has 16 heavy (non-hydrogen) atoms. The highest BCUT2D eigenvalue weighted by Gasteiger charge is 2.29. The van der Waals surface area contributed by atoms with E-state index in [2.05, 4.69) is 37.8 Å². The van der Waals surface area contributed by atoms with Crippen LogP contribution in [0.4, 0.5) is 0 Å². The zero-order chi connectivity index (χ0) is 11.6. The lowest BCUT2D eigenvalue weighted by molar-refractivity contribution is 0.0323. The Hall–Kier alpha value is -0.340. The molecule has 2 nitrogen and oxygen atoms in total. The van der Waals surface area contributed by atoms with Crippen LogP contribution in [0.2, 0.25) is 0 Å².